The quantitative estimate of drug-likeness (QED) is 0.0532. The van der Waals surface area contributed by atoms with Gasteiger partial charge in [0.2, 0.25) is 0 Å². The molecule has 1 heteroatoms. The van der Waals surface area contributed by atoms with Crippen LogP contribution in [0.1, 0.15) is 192 Å². The second-order valence-electron chi connectivity index (χ2n) is 15.2. The van der Waals surface area contributed by atoms with Crippen LogP contribution in [0.3, 0.4) is 0 Å². The molecule has 0 spiro atoms. The Bertz CT molecular complexity index is 944. The zero-order valence-corrected chi connectivity index (χ0v) is 32.5. The predicted molar refractivity (Wildman–Crippen MR) is 219 cm³/mol. The van der Waals surface area contributed by atoms with Crippen LogP contribution < -0.4 is 0 Å². The van der Waals surface area contributed by atoms with Crippen molar-refractivity contribution in [3.63, 3.8) is 0 Å². The fourth-order valence-corrected chi connectivity index (χ4v) is 7.60. The van der Waals surface area contributed by atoms with Gasteiger partial charge in [0.1, 0.15) is 0 Å². The zero-order chi connectivity index (χ0) is 35.1. The van der Waals surface area contributed by atoms with E-state index in [-0.39, 0.29) is 0 Å². The third-order valence-corrected chi connectivity index (χ3v) is 10.7. The lowest BCUT2D eigenvalue weighted by molar-refractivity contribution is -0.116. The Balaban J connectivity index is 1.98. The zero-order valence-electron chi connectivity index (χ0n) is 32.5. The molecule has 2 aromatic rings. The van der Waals surface area contributed by atoms with Crippen LogP contribution in [0.15, 0.2) is 86.0 Å². The molecule has 49 heavy (non-hydrogen) atoms. The molecule has 2 atom stereocenters. The molecule has 276 valence electrons. The molecular formula is C48H78O. The molecule has 2 rings (SSSR count). The van der Waals surface area contributed by atoms with E-state index < -0.39 is 11.2 Å². The van der Waals surface area contributed by atoms with Crippen molar-refractivity contribution in [1.29, 1.82) is 0 Å². The Kier molecular flexibility index (Phi) is 25.1. The van der Waals surface area contributed by atoms with Crippen LogP contribution in [-0.4, -0.2) is 11.2 Å². The standard InChI is InChI=1S/C48H78O/c1-5-9-11-13-15-17-19-21-23-25-27-35-41-47(7-3,43-45-37-31-29-32-38-45)49-48(8-4,44-46-39-33-30-34-40-46)42-36-28-26-24-22-20-18-16-14-12-10-6-2/h7-8,29-34,37-40H,3-6,9-28,35-36,41-44H2,1-2H3. The van der Waals surface area contributed by atoms with Gasteiger partial charge in [-0.1, -0.05) is 241 Å². The van der Waals surface area contributed by atoms with Gasteiger partial charge in [-0.2, -0.15) is 0 Å². The van der Waals surface area contributed by atoms with Crippen LogP contribution in [-0.2, 0) is 17.6 Å². The van der Waals surface area contributed by atoms with E-state index in [9.17, 15) is 0 Å². The topological polar surface area (TPSA) is 9.23 Å². The number of ether oxygens (including phenoxy) is 1. The lowest BCUT2D eigenvalue weighted by Crippen LogP contribution is -2.45. The molecule has 0 aliphatic carbocycles. The SMILES string of the molecule is C=CC(CCCCCCCCCCCCCC)(Cc1ccccc1)OC(C=C)(CCCCCCCCCCCCCC)Cc1ccccc1. The van der Waals surface area contributed by atoms with Crippen molar-refractivity contribution in [3.8, 4) is 0 Å². The minimum atomic E-state index is -0.417. The number of hydrogen-bond donors (Lipinski definition) is 0. The highest BCUT2D eigenvalue weighted by Gasteiger charge is 2.38. The molecule has 0 saturated heterocycles. The summed E-state index contributed by atoms with van der Waals surface area (Å²) in [5.41, 5.74) is 1.81. The first-order chi connectivity index (χ1) is 24.1. The smallest absolute Gasteiger partial charge is 0.0912 e. The van der Waals surface area contributed by atoms with Gasteiger partial charge in [-0.3, -0.25) is 0 Å². The Labute approximate surface area is 305 Å². The second kappa shape index (κ2) is 28.6. The molecule has 0 fully saturated rings. The van der Waals surface area contributed by atoms with Crippen molar-refractivity contribution >= 4 is 0 Å². The van der Waals surface area contributed by atoms with Crippen molar-refractivity contribution in [3.05, 3.63) is 97.1 Å². The maximum atomic E-state index is 7.50. The Hall–Kier alpha value is -2.12. The highest BCUT2D eigenvalue weighted by atomic mass is 16.5. The minimum absolute atomic E-state index is 0.417. The third-order valence-electron chi connectivity index (χ3n) is 10.7. The first kappa shape index (κ1) is 43.0. The first-order valence-corrected chi connectivity index (χ1v) is 21.2. The van der Waals surface area contributed by atoms with E-state index in [4.69, 9.17) is 4.74 Å². The van der Waals surface area contributed by atoms with Crippen LogP contribution in [0.5, 0.6) is 0 Å². The van der Waals surface area contributed by atoms with Gasteiger partial charge < -0.3 is 4.74 Å². The molecule has 2 aromatic carbocycles. The van der Waals surface area contributed by atoms with E-state index in [1.807, 2.05) is 0 Å². The molecule has 0 aliphatic rings. The maximum absolute atomic E-state index is 7.50. The molecule has 0 saturated carbocycles. The summed E-state index contributed by atoms with van der Waals surface area (Å²) in [6.45, 7) is 13.5. The van der Waals surface area contributed by atoms with Gasteiger partial charge in [-0.25, -0.2) is 0 Å². The van der Waals surface area contributed by atoms with Crippen molar-refractivity contribution in [2.75, 3.05) is 0 Å². The van der Waals surface area contributed by atoms with Crippen molar-refractivity contribution in [2.45, 2.75) is 205 Å². The Morgan fingerprint density at radius 3 is 0.939 bits per heavy atom. The van der Waals surface area contributed by atoms with Crippen molar-refractivity contribution in [2.24, 2.45) is 0 Å². The summed E-state index contributed by atoms with van der Waals surface area (Å²) in [6, 6.07) is 21.9. The summed E-state index contributed by atoms with van der Waals surface area (Å²) < 4.78 is 7.50. The van der Waals surface area contributed by atoms with Crippen LogP contribution in [0.25, 0.3) is 0 Å². The Morgan fingerprint density at radius 1 is 0.408 bits per heavy atom. The molecule has 0 amide bonds. The van der Waals surface area contributed by atoms with Crippen LogP contribution >= 0.6 is 0 Å². The summed E-state index contributed by atoms with van der Waals surface area (Å²) in [5, 5.41) is 0. The van der Waals surface area contributed by atoms with E-state index >= 15 is 0 Å². The largest absolute Gasteiger partial charge is 0.360 e. The van der Waals surface area contributed by atoms with Crippen LogP contribution in [0.2, 0.25) is 0 Å². The van der Waals surface area contributed by atoms with E-state index in [1.54, 1.807) is 0 Å². The van der Waals surface area contributed by atoms with E-state index in [0.717, 1.165) is 25.7 Å². The van der Waals surface area contributed by atoms with Crippen molar-refractivity contribution < 1.29 is 4.74 Å². The van der Waals surface area contributed by atoms with Gasteiger partial charge in [0.25, 0.3) is 0 Å². The molecule has 1 nitrogen and oxygen atoms in total. The summed E-state index contributed by atoms with van der Waals surface area (Å²) in [4.78, 5) is 0. The van der Waals surface area contributed by atoms with Gasteiger partial charge in [0.15, 0.2) is 0 Å². The summed E-state index contributed by atoms with van der Waals surface area (Å²) in [5.74, 6) is 0. The minimum Gasteiger partial charge on any atom is -0.360 e. The summed E-state index contributed by atoms with van der Waals surface area (Å²) in [6.07, 6.45) is 40.7. The molecule has 0 aliphatic heterocycles. The van der Waals surface area contributed by atoms with Gasteiger partial charge >= 0.3 is 0 Å². The summed E-state index contributed by atoms with van der Waals surface area (Å²) in [7, 11) is 0. The lowest BCUT2D eigenvalue weighted by atomic mass is 9.84. The fraction of sp³-hybridized carbons (Fsp3) is 0.667. The molecule has 0 radical (unpaired) electrons. The normalized spacial score (nSPS) is 13.9. The third kappa shape index (κ3) is 20.4. The van der Waals surface area contributed by atoms with E-state index in [1.165, 1.54) is 165 Å². The number of benzene rings is 2. The van der Waals surface area contributed by atoms with Gasteiger partial charge in [-0.15, -0.1) is 13.2 Å². The summed E-state index contributed by atoms with van der Waals surface area (Å²) >= 11 is 0. The lowest BCUT2D eigenvalue weighted by Gasteiger charge is -2.42. The molecular weight excluding hydrogens is 593 g/mol. The molecule has 2 unspecified atom stereocenters. The van der Waals surface area contributed by atoms with Crippen LogP contribution in [0, 0.1) is 0 Å². The predicted octanol–water partition coefficient (Wildman–Crippen LogP) is 15.5. The number of hydrogen-bond acceptors (Lipinski definition) is 1. The second-order valence-corrected chi connectivity index (χ2v) is 15.2. The average Bonchev–Trinajstić information content (AvgIpc) is 3.13. The highest BCUT2D eigenvalue weighted by Crippen LogP contribution is 2.37. The Morgan fingerprint density at radius 2 is 0.673 bits per heavy atom. The molecule has 0 heterocycles. The monoisotopic (exact) mass is 671 g/mol. The molecule has 0 N–H and O–H groups in total. The number of rotatable bonds is 34. The number of unbranched alkanes of at least 4 members (excludes halogenated alkanes) is 22. The molecule has 0 aromatic heterocycles. The van der Waals surface area contributed by atoms with Gasteiger partial charge in [-0.05, 0) is 24.0 Å². The first-order valence-electron chi connectivity index (χ1n) is 21.2. The van der Waals surface area contributed by atoms with E-state index in [2.05, 4.69) is 99.8 Å². The fourth-order valence-electron chi connectivity index (χ4n) is 7.60. The van der Waals surface area contributed by atoms with Crippen LogP contribution in [0.4, 0.5) is 0 Å². The average molecular weight is 671 g/mol. The van der Waals surface area contributed by atoms with Gasteiger partial charge in [0, 0.05) is 12.8 Å². The molecule has 0 bridgehead atoms. The van der Waals surface area contributed by atoms with Gasteiger partial charge in [0.05, 0.1) is 11.2 Å². The highest BCUT2D eigenvalue weighted by molar-refractivity contribution is 5.23. The van der Waals surface area contributed by atoms with E-state index in [0.29, 0.717) is 0 Å². The maximum Gasteiger partial charge on any atom is 0.0912 e. The van der Waals surface area contributed by atoms with Crippen molar-refractivity contribution in [1.82, 2.24) is 0 Å².